The summed E-state index contributed by atoms with van der Waals surface area (Å²) >= 11 is 3.28. The second-order valence-electron chi connectivity index (χ2n) is 27.9. The molecule has 3 aromatic heterocycles. The van der Waals surface area contributed by atoms with E-state index in [0.29, 0.717) is 16.6 Å². The first kappa shape index (κ1) is 88.4. The van der Waals surface area contributed by atoms with Crippen molar-refractivity contribution in [3.8, 4) is 0 Å². The highest BCUT2D eigenvalue weighted by Gasteiger charge is 2.47. The number of hydrogen-bond donors (Lipinski definition) is 9. The summed E-state index contributed by atoms with van der Waals surface area (Å²) in [6.07, 6.45) is -5.46. The van der Waals surface area contributed by atoms with E-state index in [9.17, 15) is 92.6 Å². The number of para-hydroxylation sites is 2. The predicted octanol–water partition coefficient (Wildman–Crippen LogP) is 7.13. The van der Waals surface area contributed by atoms with Gasteiger partial charge in [-0.3, -0.25) is 62.8 Å². The zero-order valence-electron chi connectivity index (χ0n) is 60.1. The van der Waals surface area contributed by atoms with Crippen LogP contribution in [0.1, 0.15) is 161 Å². The van der Waals surface area contributed by atoms with Crippen molar-refractivity contribution in [2.24, 2.45) is 11.8 Å². The lowest BCUT2D eigenvalue weighted by molar-refractivity contribution is -0.386. The van der Waals surface area contributed by atoms with Crippen molar-refractivity contribution < 1.29 is 109 Å². The quantitative estimate of drug-likeness (QED) is 0.00830. The minimum absolute atomic E-state index is 0.0350. The first-order valence-electron chi connectivity index (χ1n) is 33.0. The van der Waals surface area contributed by atoms with Crippen LogP contribution in [0.2, 0.25) is 18.1 Å². The summed E-state index contributed by atoms with van der Waals surface area (Å²) < 4.78 is 90.6. The number of aromatic nitrogens is 6. The summed E-state index contributed by atoms with van der Waals surface area (Å²) in [7, 11) is -18.9. The van der Waals surface area contributed by atoms with E-state index in [1.54, 1.807) is 58.9 Å². The molecule has 0 amide bonds. The molecular weight excluding hydrogens is 1550 g/mol. The Morgan fingerprint density at radius 3 is 1.51 bits per heavy atom. The third kappa shape index (κ3) is 23.5. The number of alkyl halides is 1. The fourth-order valence-corrected chi connectivity index (χ4v) is 15.8. The lowest BCUT2D eigenvalue weighted by atomic mass is 9.97. The normalized spacial score (nSPS) is 22.3. The van der Waals surface area contributed by atoms with Crippen LogP contribution in [0.3, 0.4) is 0 Å². The minimum Gasteiger partial charge on any atom is -0.443 e. The number of aromatic amines is 2. The molecule has 39 nitrogen and oxygen atoms in total. The molecule has 106 heavy (non-hydrogen) atoms. The number of nitro benzene ring substituents is 2. The molecule has 3 saturated heterocycles. The Hall–Kier alpha value is -6.50. The van der Waals surface area contributed by atoms with E-state index in [4.69, 9.17) is 42.6 Å². The Labute approximate surface area is 614 Å². The van der Waals surface area contributed by atoms with Gasteiger partial charge < -0.3 is 67.7 Å². The van der Waals surface area contributed by atoms with Crippen molar-refractivity contribution in [3.63, 3.8) is 0 Å². The lowest BCUT2D eigenvalue weighted by Gasteiger charge is -2.39. The highest BCUT2D eigenvalue weighted by atomic mass is 79.9. The molecule has 0 saturated carbocycles. The van der Waals surface area contributed by atoms with E-state index in [2.05, 4.69) is 72.9 Å². The molecule has 0 radical (unpaired) electrons. The van der Waals surface area contributed by atoms with Crippen molar-refractivity contribution in [1.29, 1.82) is 0 Å². The van der Waals surface area contributed by atoms with Crippen LogP contribution in [0.5, 0.6) is 0 Å². The van der Waals surface area contributed by atoms with Crippen molar-refractivity contribution in [1.82, 2.24) is 28.2 Å². The molecule has 2 aromatic carbocycles. The first-order valence-corrected chi connectivity index (χ1v) is 41.5. The molecule has 44 heteroatoms. The van der Waals surface area contributed by atoms with Gasteiger partial charge in [0, 0.05) is 60.9 Å². The number of nitrogens with one attached hydrogen (secondary N) is 2. The number of hydrogen-bond acceptors (Lipinski definition) is 27. The molecule has 6 heterocycles. The number of aliphatic hydroxyl groups is 3. The van der Waals surface area contributed by atoms with Gasteiger partial charge in [-0.05, 0) is 69.3 Å². The number of carbonyl (C=O) groups is 1. The number of H-pyrrole nitrogens is 2. The standard InChI is InChI=1S/C22H37BrN2O6Si.C20H28N3O17P3.C20H25N3O8/c1-10-15-16(31-32(8,9)22(5,6)7)11-17(29-15)24-13-14(12-23)18(26)25(19(24)27)20(28)30-21(2,3)4;1-11(2)18(13-5-3-4-6-14(13)23(27)28)36-9-12-8-22(20(26)21-19(12)25)17-7-15(24)16(38-17)10-37-42(32,33)40-43(34,35)39-41(29,30)31;1-11(2)18(13-5-3-4-6-14(13)23(28)29)30-10-12-8-22(20(27)21-19(12)26)17-7-15(25)16(9-24)31-17/h13,15-17H,10-12H2,1-9H3;3-6,8,11,15-18,24H,7,9-10H2,1-2H3,(H,32,33)(H,34,35)(H,21,25,26)(H2,29,30,31);3-6,8,11,15-18,24-25H,7,9-10H2,1-2H3,(H,21,26,27)/t15-,16?,17-;2*15?,16-,17-,18?/m111/s1. The largest absolute Gasteiger partial charge is 0.490 e. The lowest BCUT2D eigenvalue weighted by Crippen LogP contribution is -2.47. The van der Waals surface area contributed by atoms with Gasteiger partial charge in [0.2, 0.25) is 0 Å². The molecule has 0 spiro atoms. The fraction of sp³-hybridized carbons (Fsp3) is 0.597. The van der Waals surface area contributed by atoms with E-state index in [0.717, 1.165) is 21.8 Å². The summed E-state index contributed by atoms with van der Waals surface area (Å²) in [6.45, 7) is 23.2. The average Bonchev–Trinajstić information content (AvgIpc) is 1.60. The van der Waals surface area contributed by atoms with Crippen LogP contribution >= 0.6 is 39.4 Å². The van der Waals surface area contributed by atoms with E-state index in [-0.39, 0.29) is 87.5 Å². The van der Waals surface area contributed by atoms with Crippen LogP contribution in [0, 0.1) is 32.1 Å². The number of phosphoric acid groups is 3. The van der Waals surface area contributed by atoms with Crippen molar-refractivity contribution in [2.75, 3.05) is 13.2 Å². The average molecular weight is 1640 g/mol. The van der Waals surface area contributed by atoms with Gasteiger partial charge in [-0.15, -0.1) is 0 Å². The van der Waals surface area contributed by atoms with Crippen molar-refractivity contribution >= 4 is 65.2 Å². The molecule has 3 aliphatic rings. The Morgan fingerprint density at radius 2 is 1.10 bits per heavy atom. The number of nitro groups is 2. The molecular formula is C62H90BrN8O31P3Si. The minimum atomic E-state index is -5.77. The summed E-state index contributed by atoms with van der Waals surface area (Å²) in [5.41, 5.74) is -4.78. The molecule has 8 rings (SSSR count). The van der Waals surface area contributed by atoms with E-state index < -0.39 is 162 Å². The maximum atomic E-state index is 13.2. The summed E-state index contributed by atoms with van der Waals surface area (Å²) in [6, 6.07) is 12.2. The number of phosphoric ester groups is 1. The monoisotopic (exact) mass is 1640 g/mol. The molecule has 0 bridgehead atoms. The molecule has 13 atom stereocenters. The number of rotatable bonds is 27. The summed E-state index contributed by atoms with van der Waals surface area (Å²) in [5.74, 6) is -0.403. The molecule has 5 aromatic rings. The number of nitrogens with zero attached hydrogens (tertiary/aromatic N) is 6. The second-order valence-corrected chi connectivity index (χ2v) is 37.7. The Kier molecular flexibility index (Phi) is 30.3. The van der Waals surface area contributed by atoms with Gasteiger partial charge in [0.05, 0.1) is 95.2 Å². The second kappa shape index (κ2) is 36.3. The predicted molar refractivity (Wildman–Crippen MR) is 380 cm³/mol. The molecule has 590 valence electrons. The summed E-state index contributed by atoms with van der Waals surface area (Å²) in [4.78, 5) is 150. The van der Waals surface area contributed by atoms with Gasteiger partial charge in [-0.25, -0.2) is 32.9 Å². The number of halogens is 1. The first-order chi connectivity index (χ1) is 49.0. The summed E-state index contributed by atoms with van der Waals surface area (Å²) in [5, 5.41) is 52.6. The van der Waals surface area contributed by atoms with E-state index in [1.807, 2.05) is 20.8 Å². The maximum absolute atomic E-state index is 13.2. The molecule has 0 aliphatic carbocycles. The third-order valence-electron chi connectivity index (χ3n) is 17.1. The van der Waals surface area contributed by atoms with Gasteiger partial charge in [-0.1, -0.05) is 95.6 Å². The SMILES string of the molecule is CC(C)C(OCc1cn([C@H]2CC(O)[C@@H](CO)O2)c(=O)[nH]c1=O)c1ccccc1[N+](=O)[O-].CC(C)C(OCc1cn([C@H]2CC(O)[C@@H](COP(=O)(O)OP(=O)(O)OP(=O)(O)O)O2)c(=O)[nH]c1=O)c1ccccc1[N+](=O)[O-].CC[C@H]1O[C@@H](n2cc(CBr)c(=O)n(C(=O)OC(C)(C)C)c2=O)CC1O[Si](C)(C)C(C)(C)C. The molecule has 7 unspecified atom stereocenters. The van der Waals surface area contributed by atoms with Gasteiger partial charge in [0.15, 0.2) is 8.32 Å². The molecule has 9 N–H and O–H groups in total. The highest BCUT2D eigenvalue weighted by Crippen LogP contribution is 2.66. The van der Waals surface area contributed by atoms with Crippen LogP contribution in [-0.4, -0.2) is 143 Å². The van der Waals surface area contributed by atoms with E-state index >= 15 is 0 Å². The van der Waals surface area contributed by atoms with Gasteiger partial charge in [0.25, 0.3) is 28.1 Å². The topological polar surface area (TPSA) is 542 Å². The van der Waals surface area contributed by atoms with Crippen LogP contribution in [0.4, 0.5) is 16.2 Å². The smallest absolute Gasteiger partial charge is 0.443 e. The maximum Gasteiger partial charge on any atom is 0.490 e. The zero-order valence-corrected chi connectivity index (χ0v) is 65.3. The number of carbonyl (C=O) groups excluding carboxylic acids is 1. The van der Waals surface area contributed by atoms with Crippen molar-refractivity contribution in [3.05, 3.63) is 178 Å². The number of benzene rings is 2. The van der Waals surface area contributed by atoms with E-state index in [1.165, 1.54) is 41.2 Å². The number of ether oxygens (including phenoxy) is 6. The molecule has 3 aliphatic heterocycles. The Balaban J connectivity index is 0.000000254. The van der Waals surface area contributed by atoms with Crippen molar-refractivity contribution in [2.45, 2.75) is 212 Å². The highest BCUT2D eigenvalue weighted by molar-refractivity contribution is 9.08. The Bertz CT molecular complexity index is 4470. The number of aliphatic hydroxyl groups excluding tert-OH is 3. The van der Waals surface area contributed by atoms with Gasteiger partial charge in [0.1, 0.15) is 36.5 Å². The van der Waals surface area contributed by atoms with Gasteiger partial charge >= 0.3 is 46.6 Å². The van der Waals surface area contributed by atoms with Crippen LogP contribution in [0.25, 0.3) is 0 Å². The molecule has 3 fully saturated rings. The Morgan fingerprint density at radius 1 is 0.670 bits per heavy atom. The zero-order chi connectivity index (χ0) is 79.7. The fourth-order valence-electron chi connectivity index (χ4n) is 11.0. The van der Waals surface area contributed by atoms with Crippen LogP contribution in [-0.2, 0) is 78.2 Å². The van der Waals surface area contributed by atoms with Crippen LogP contribution < -0.4 is 33.7 Å². The van der Waals surface area contributed by atoms with Gasteiger partial charge in [-0.2, -0.15) is 13.2 Å². The third-order valence-corrected chi connectivity index (χ3v) is 26.0. The van der Waals surface area contributed by atoms with Crippen LogP contribution in [0.15, 0.2) is 95.9 Å².